The van der Waals surface area contributed by atoms with E-state index < -0.39 is 31.2 Å². The molecule has 1 aliphatic carbocycles. The maximum atomic E-state index is 13.1. The fourth-order valence-corrected chi connectivity index (χ4v) is 5.92. The lowest BCUT2D eigenvalue weighted by Crippen LogP contribution is -2.48. The van der Waals surface area contributed by atoms with Gasteiger partial charge in [-0.2, -0.15) is 0 Å². The van der Waals surface area contributed by atoms with E-state index in [0.29, 0.717) is 23.5 Å². The third-order valence-corrected chi connectivity index (χ3v) is 12.3. The van der Waals surface area contributed by atoms with Gasteiger partial charge in [0.2, 0.25) is 0 Å². The second kappa shape index (κ2) is 12.9. The van der Waals surface area contributed by atoms with E-state index in [1.165, 1.54) is 14.2 Å². The SMILES string of the molecule is C=C(Br)CC(CC1=CC(OCC)=CC1(CCCO[Si](C)(C)C(C)(C)C)N(C)C)(C(=O)OC)C(=O)OC. The van der Waals surface area contributed by atoms with Crippen LogP contribution in [0.5, 0.6) is 0 Å². The summed E-state index contributed by atoms with van der Waals surface area (Å²) in [4.78, 5) is 28.4. The van der Waals surface area contributed by atoms with Crippen molar-refractivity contribution in [2.24, 2.45) is 5.41 Å². The summed E-state index contributed by atoms with van der Waals surface area (Å²) in [7, 11) is 4.67. The molecule has 0 aromatic carbocycles. The largest absolute Gasteiger partial charge is 0.494 e. The minimum Gasteiger partial charge on any atom is -0.494 e. The van der Waals surface area contributed by atoms with Crippen molar-refractivity contribution in [3.8, 4) is 0 Å². The molecular formula is C27H46BrNO6Si. The number of rotatable bonds is 14. The summed E-state index contributed by atoms with van der Waals surface area (Å²) in [6.45, 7) is 18.1. The van der Waals surface area contributed by atoms with Crippen LogP contribution in [0.2, 0.25) is 18.1 Å². The van der Waals surface area contributed by atoms with Gasteiger partial charge in [-0.05, 0) is 80.6 Å². The summed E-state index contributed by atoms with van der Waals surface area (Å²) in [6, 6.07) is 0. The van der Waals surface area contributed by atoms with Crippen LogP contribution in [-0.2, 0) is 28.2 Å². The molecule has 1 unspecified atom stereocenters. The topological polar surface area (TPSA) is 74.3 Å². The Morgan fingerprint density at radius 2 is 1.69 bits per heavy atom. The molecule has 0 bridgehead atoms. The Hall–Kier alpha value is -1.42. The van der Waals surface area contributed by atoms with Crippen molar-refractivity contribution in [1.29, 1.82) is 0 Å². The highest BCUT2D eigenvalue weighted by atomic mass is 79.9. The van der Waals surface area contributed by atoms with Crippen molar-refractivity contribution in [1.82, 2.24) is 4.90 Å². The zero-order valence-corrected chi connectivity index (χ0v) is 26.5. The Morgan fingerprint density at radius 3 is 2.11 bits per heavy atom. The van der Waals surface area contributed by atoms with Crippen LogP contribution in [0.4, 0.5) is 0 Å². The van der Waals surface area contributed by atoms with E-state index in [4.69, 9.17) is 18.6 Å². The summed E-state index contributed by atoms with van der Waals surface area (Å²) in [5.74, 6) is -0.600. The molecule has 0 aromatic heterocycles. The minimum absolute atomic E-state index is 0.0473. The van der Waals surface area contributed by atoms with Crippen molar-refractivity contribution < 1.29 is 28.2 Å². The van der Waals surface area contributed by atoms with Gasteiger partial charge in [-0.15, -0.1) is 0 Å². The highest BCUT2D eigenvalue weighted by molar-refractivity contribution is 9.11. The molecule has 206 valence electrons. The normalized spacial score (nSPS) is 18.6. The summed E-state index contributed by atoms with van der Waals surface area (Å²) in [6.07, 6.45) is 5.70. The smallest absolute Gasteiger partial charge is 0.323 e. The molecule has 0 N–H and O–H groups in total. The molecule has 1 aliphatic rings. The monoisotopic (exact) mass is 587 g/mol. The molecule has 1 atom stereocenters. The summed E-state index contributed by atoms with van der Waals surface area (Å²) in [5.41, 5.74) is -1.26. The van der Waals surface area contributed by atoms with Gasteiger partial charge in [0, 0.05) is 13.0 Å². The van der Waals surface area contributed by atoms with Gasteiger partial charge in [0.15, 0.2) is 13.7 Å². The van der Waals surface area contributed by atoms with Gasteiger partial charge in [0.1, 0.15) is 5.76 Å². The fraction of sp³-hybridized carbons (Fsp3) is 0.704. The quantitative estimate of drug-likeness (QED) is 0.107. The molecule has 0 spiro atoms. The molecule has 1 rings (SSSR count). The Morgan fingerprint density at radius 1 is 1.14 bits per heavy atom. The Balaban J connectivity index is 3.43. The van der Waals surface area contributed by atoms with Crippen LogP contribution in [0, 0.1) is 5.41 Å². The van der Waals surface area contributed by atoms with Crippen molar-refractivity contribution in [3.63, 3.8) is 0 Å². The lowest BCUT2D eigenvalue weighted by Gasteiger charge is -2.41. The van der Waals surface area contributed by atoms with E-state index in [-0.39, 0.29) is 17.9 Å². The second-order valence-corrected chi connectivity index (χ2v) is 17.0. The predicted molar refractivity (Wildman–Crippen MR) is 150 cm³/mol. The molecule has 36 heavy (non-hydrogen) atoms. The van der Waals surface area contributed by atoms with Gasteiger partial charge in [0.05, 0.1) is 26.4 Å². The molecule has 9 heteroatoms. The van der Waals surface area contributed by atoms with E-state index in [9.17, 15) is 9.59 Å². The molecule has 7 nitrogen and oxygen atoms in total. The first kappa shape index (κ1) is 32.6. The van der Waals surface area contributed by atoms with Crippen molar-refractivity contribution in [2.75, 3.05) is 41.5 Å². The first-order chi connectivity index (χ1) is 16.5. The van der Waals surface area contributed by atoms with Gasteiger partial charge >= 0.3 is 11.9 Å². The zero-order chi connectivity index (χ0) is 27.9. The standard InChI is InChI=1S/C27H46BrNO6Si/c1-12-34-22-16-21(18-26(17-20(2)28,23(30)32-8)24(31)33-9)27(19-22,29(6)7)14-13-15-35-36(10,11)25(3,4)5/h16,19H,2,12-15,17-18H2,1,3-11H3. The first-order valence-corrected chi connectivity index (χ1v) is 16.1. The van der Waals surface area contributed by atoms with E-state index in [1.807, 2.05) is 27.1 Å². The lowest BCUT2D eigenvalue weighted by atomic mass is 9.73. The summed E-state index contributed by atoms with van der Waals surface area (Å²) >= 11 is 3.34. The van der Waals surface area contributed by atoms with Crippen LogP contribution in [0.15, 0.2) is 34.5 Å². The Bertz CT molecular complexity index is 858. The molecular weight excluding hydrogens is 542 g/mol. The lowest BCUT2D eigenvalue weighted by molar-refractivity contribution is -0.169. The summed E-state index contributed by atoms with van der Waals surface area (Å²) in [5, 5.41) is 0.130. The number of nitrogens with zero attached hydrogens (tertiary/aromatic N) is 1. The van der Waals surface area contributed by atoms with Crippen LogP contribution >= 0.6 is 15.9 Å². The molecule has 0 aliphatic heterocycles. The molecule has 0 saturated carbocycles. The van der Waals surface area contributed by atoms with Gasteiger partial charge in [0.25, 0.3) is 0 Å². The van der Waals surface area contributed by atoms with Gasteiger partial charge < -0.3 is 18.6 Å². The maximum Gasteiger partial charge on any atom is 0.323 e. The third-order valence-electron chi connectivity index (χ3n) is 7.47. The third kappa shape index (κ3) is 7.33. The van der Waals surface area contributed by atoms with Crippen LogP contribution in [0.25, 0.3) is 0 Å². The number of hydrogen-bond donors (Lipinski definition) is 0. The average Bonchev–Trinajstić information content (AvgIpc) is 3.11. The number of esters is 2. The number of carbonyl (C=O) groups is 2. The number of halogens is 1. The van der Waals surface area contributed by atoms with E-state index in [1.54, 1.807) is 0 Å². The Labute approximate surface area is 227 Å². The summed E-state index contributed by atoms with van der Waals surface area (Å²) < 4.78 is 23.1. The van der Waals surface area contributed by atoms with E-state index in [2.05, 4.69) is 67.4 Å². The molecule has 0 saturated heterocycles. The van der Waals surface area contributed by atoms with Gasteiger partial charge in [-0.3, -0.25) is 14.5 Å². The molecule has 0 amide bonds. The van der Waals surface area contributed by atoms with Crippen LogP contribution in [0.3, 0.4) is 0 Å². The Kier molecular flexibility index (Phi) is 11.7. The second-order valence-electron chi connectivity index (χ2n) is 11.1. The molecule has 0 radical (unpaired) electrons. The van der Waals surface area contributed by atoms with Crippen molar-refractivity contribution in [3.05, 3.63) is 34.5 Å². The number of ether oxygens (including phenoxy) is 3. The maximum absolute atomic E-state index is 13.1. The highest BCUT2D eigenvalue weighted by Gasteiger charge is 2.53. The van der Waals surface area contributed by atoms with E-state index >= 15 is 0 Å². The molecule has 0 heterocycles. The zero-order valence-electron chi connectivity index (χ0n) is 23.9. The number of allylic oxidation sites excluding steroid dienone is 2. The minimum atomic E-state index is -1.88. The van der Waals surface area contributed by atoms with Crippen LogP contribution < -0.4 is 0 Å². The number of hydrogen-bond acceptors (Lipinski definition) is 7. The fourth-order valence-electron chi connectivity index (χ4n) is 4.36. The van der Waals surface area contributed by atoms with Crippen LogP contribution in [0.1, 0.15) is 53.4 Å². The first-order valence-electron chi connectivity index (χ1n) is 12.4. The van der Waals surface area contributed by atoms with Crippen molar-refractivity contribution in [2.45, 2.75) is 77.0 Å². The number of methoxy groups -OCH3 is 2. The number of carbonyl (C=O) groups excluding carboxylic acids is 2. The molecule has 0 aromatic rings. The number of likely N-dealkylation sites (N-methyl/N-ethyl adjacent to an activating group) is 1. The molecule has 0 fully saturated rings. The average molecular weight is 589 g/mol. The van der Waals surface area contributed by atoms with Crippen LogP contribution in [-0.4, -0.2) is 72.2 Å². The van der Waals surface area contributed by atoms with Gasteiger partial charge in [-0.1, -0.05) is 43.3 Å². The predicted octanol–water partition coefficient (Wildman–Crippen LogP) is 5.97. The van der Waals surface area contributed by atoms with Crippen molar-refractivity contribution >= 4 is 36.2 Å². The van der Waals surface area contributed by atoms with Gasteiger partial charge in [-0.25, -0.2) is 0 Å². The highest BCUT2D eigenvalue weighted by Crippen LogP contribution is 2.46. The van der Waals surface area contributed by atoms with E-state index in [0.717, 1.165) is 18.4 Å².